The fourth-order valence-corrected chi connectivity index (χ4v) is 3.84. The Labute approximate surface area is 169 Å². The minimum Gasteiger partial charge on any atom is -0.370 e. The molecule has 29 heavy (non-hydrogen) atoms. The van der Waals surface area contributed by atoms with Crippen LogP contribution in [0.2, 0.25) is 0 Å². The Balaban J connectivity index is 1.41. The highest BCUT2D eigenvalue weighted by Crippen LogP contribution is 2.14. The molecule has 1 saturated heterocycles. The molecule has 2 aromatic heterocycles. The summed E-state index contributed by atoms with van der Waals surface area (Å²) >= 11 is 0. The van der Waals surface area contributed by atoms with Gasteiger partial charge in [-0.25, -0.2) is 9.50 Å². The molecule has 8 nitrogen and oxygen atoms in total. The Kier molecular flexibility index (Phi) is 5.82. The summed E-state index contributed by atoms with van der Waals surface area (Å²) in [5.74, 6) is 0.537. The summed E-state index contributed by atoms with van der Waals surface area (Å²) in [4.78, 5) is 22.7. The van der Waals surface area contributed by atoms with Crippen LogP contribution in [0.4, 0.5) is 0 Å². The first-order valence-corrected chi connectivity index (χ1v) is 10.0. The Hall–Kier alpha value is -2.84. The Bertz CT molecular complexity index is 1010. The minimum atomic E-state index is -0.0222. The van der Waals surface area contributed by atoms with Crippen LogP contribution in [0.15, 0.2) is 30.6 Å². The van der Waals surface area contributed by atoms with E-state index >= 15 is 0 Å². The van der Waals surface area contributed by atoms with Crippen molar-refractivity contribution in [2.75, 3.05) is 26.3 Å². The zero-order valence-corrected chi connectivity index (χ0v) is 16.9. The first-order valence-electron chi connectivity index (χ1n) is 10.0. The fourth-order valence-electron chi connectivity index (χ4n) is 3.84. The number of fused-ring (bicyclic) bond motifs is 1. The van der Waals surface area contributed by atoms with Crippen molar-refractivity contribution < 1.29 is 14.4 Å². The van der Waals surface area contributed by atoms with Crippen LogP contribution in [-0.2, 0) is 29.0 Å². The molecule has 0 bridgehead atoms. The van der Waals surface area contributed by atoms with Crippen LogP contribution < -0.4 is 10.2 Å². The number of hydrogen-bond donors (Lipinski definition) is 2. The van der Waals surface area contributed by atoms with E-state index in [1.165, 1.54) is 16.8 Å². The van der Waals surface area contributed by atoms with Crippen molar-refractivity contribution in [2.24, 2.45) is 0 Å². The third-order valence-electron chi connectivity index (χ3n) is 5.56. The van der Waals surface area contributed by atoms with E-state index in [0.29, 0.717) is 12.3 Å². The van der Waals surface area contributed by atoms with Crippen LogP contribution >= 0.6 is 0 Å². The van der Waals surface area contributed by atoms with E-state index in [4.69, 9.17) is 4.74 Å². The van der Waals surface area contributed by atoms with Gasteiger partial charge in [0.05, 0.1) is 19.6 Å². The first-order chi connectivity index (χ1) is 14.1. The number of aromatic nitrogens is 4. The molecule has 1 aromatic carbocycles. The van der Waals surface area contributed by atoms with Crippen molar-refractivity contribution in [2.45, 2.75) is 33.4 Å². The van der Waals surface area contributed by atoms with Gasteiger partial charge < -0.3 is 15.0 Å². The van der Waals surface area contributed by atoms with Gasteiger partial charge in [-0.2, -0.15) is 10.1 Å². The molecule has 2 N–H and O–H groups in total. The van der Waals surface area contributed by atoms with Crippen LogP contribution in [-0.4, -0.2) is 51.8 Å². The molecular weight excluding hydrogens is 368 g/mol. The van der Waals surface area contributed by atoms with E-state index in [1.54, 1.807) is 4.52 Å². The summed E-state index contributed by atoms with van der Waals surface area (Å²) in [6.45, 7) is 9.02. The number of benzene rings is 1. The highest BCUT2D eigenvalue weighted by molar-refractivity contribution is 5.79. The van der Waals surface area contributed by atoms with Crippen molar-refractivity contribution in [1.29, 1.82) is 0 Å². The lowest BCUT2D eigenvalue weighted by Gasteiger charge is -2.24. The molecule has 1 aliphatic heterocycles. The predicted molar refractivity (Wildman–Crippen MR) is 107 cm³/mol. The average molecular weight is 395 g/mol. The molecule has 1 aliphatic rings. The largest absolute Gasteiger partial charge is 0.370 e. The molecule has 3 heterocycles. The Morgan fingerprint density at radius 2 is 1.97 bits per heavy atom. The Morgan fingerprint density at radius 3 is 2.76 bits per heavy atom. The maximum Gasteiger partial charge on any atom is 0.252 e. The number of rotatable bonds is 6. The van der Waals surface area contributed by atoms with E-state index in [2.05, 4.69) is 38.6 Å². The second-order valence-electron chi connectivity index (χ2n) is 7.49. The Morgan fingerprint density at radius 1 is 1.21 bits per heavy atom. The molecular formula is C21H27N6O2+. The lowest BCUT2D eigenvalue weighted by atomic mass is 10.1. The highest BCUT2D eigenvalue weighted by atomic mass is 16.5. The molecule has 1 fully saturated rings. The molecule has 8 heteroatoms. The topological polar surface area (TPSA) is 85.8 Å². The zero-order valence-electron chi connectivity index (χ0n) is 16.9. The van der Waals surface area contributed by atoms with Crippen molar-refractivity contribution in [3.8, 4) is 0 Å². The van der Waals surface area contributed by atoms with Gasteiger partial charge in [0.2, 0.25) is 5.91 Å². The van der Waals surface area contributed by atoms with Gasteiger partial charge in [0, 0.05) is 29.1 Å². The third kappa shape index (κ3) is 4.44. The molecule has 0 saturated carbocycles. The van der Waals surface area contributed by atoms with Gasteiger partial charge in [-0.15, -0.1) is 0 Å². The SMILES string of the molecule is Cc1nc2ncnn2c(C)c1CC(=O)NCc1ccccc1C[NH+]1CCOCC1. The van der Waals surface area contributed by atoms with E-state index in [0.717, 1.165) is 55.4 Å². The van der Waals surface area contributed by atoms with Gasteiger partial charge in [-0.05, 0) is 19.4 Å². The summed E-state index contributed by atoms with van der Waals surface area (Å²) in [5, 5.41) is 7.26. The van der Waals surface area contributed by atoms with Gasteiger partial charge in [0.1, 0.15) is 26.0 Å². The summed E-state index contributed by atoms with van der Waals surface area (Å²) in [6.07, 6.45) is 1.75. The number of carbonyl (C=O) groups is 1. The number of carbonyl (C=O) groups excluding carboxylic acids is 1. The number of ether oxygens (including phenoxy) is 1. The molecule has 1 amide bonds. The molecule has 4 rings (SSSR count). The number of nitrogens with one attached hydrogen (secondary N) is 2. The summed E-state index contributed by atoms with van der Waals surface area (Å²) < 4.78 is 7.13. The van der Waals surface area contributed by atoms with Gasteiger partial charge in [0.25, 0.3) is 5.78 Å². The van der Waals surface area contributed by atoms with Crippen LogP contribution in [0.5, 0.6) is 0 Å². The quantitative estimate of drug-likeness (QED) is 0.614. The number of morpholine rings is 1. The van der Waals surface area contributed by atoms with Gasteiger partial charge >= 0.3 is 0 Å². The second-order valence-corrected chi connectivity index (χ2v) is 7.49. The third-order valence-corrected chi connectivity index (χ3v) is 5.56. The number of aryl methyl sites for hydroxylation is 2. The fraction of sp³-hybridized carbons (Fsp3) is 0.429. The number of nitrogens with zero attached hydrogens (tertiary/aromatic N) is 4. The smallest absolute Gasteiger partial charge is 0.252 e. The van der Waals surface area contributed by atoms with E-state index < -0.39 is 0 Å². The summed E-state index contributed by atoms with van der Waals surface area (Å²) in [7, 11) is 0. The van der Waals surface area contributed by atoms with Crippen molar-refractivity contribution >= 4 is 11.7 Å². The molecule has 0 aliphatic carbocycles. The van der Waals surface area contributed by atoms with Gasteiger partial charge in [0.15, 0.2) is 0 Å². The lowest BCUT2D eigenvalue weighted by Crippen LogP contribution is -3.12. The first kappa shape index (κ1) is 19.5. The summed E-state index contributed by atoms with van der Waals surface area (Å²) in [6, 6.07) is 8.33. The van der Waals surface area contributed by atoms with E-state index in [1.807, 2.05) is 19.9 Å². The number of amides is 1. The number of hydrogen-bond acceptors (Lipinski definition) is 5. The van der Waals surface area contributed by atoms with Gasteiger partial charge in [-0.3, -0.25) is 4.79 Å². The monoisotopic (exact) mass is 395 g/mol. The normalized spacial score (nSPS) is 15.0. The van der Waals surface area contributed by atoms with Crippen LogP contribution in [0.1, 0.15) is 28.1 Å². The van der Waals surface area contributed by atoms with Crippen molar-refractivity contribution in [1.82, 2.24) is 24.9 Å². The average Bonchev–Trinajstić information content (AvgIpc) is 3.20. The van der Waals surface area contributed by atoms with Crippen molar-refractivity contribution in [3.05, 3.63) is 58.7 Å². The van der Waals surface area contributed by atoms with E-state index in [-0.39, 0.29) is 12.3 Å². The highest BCUT2D eigenvalue weighted by Gasteiger charge is 2.17. The lowest BCUT2D eigenvalue weighted by molar-refractivity contribution is -0.921. The molecule has 0 unspecified atom stereocenters. The summed E-state index contributed by atoms with van der Waals surface area (Å²) in [5.41, 5.74) is 5.05. The maximum atomic E-state index is 12.7. The van der Waals surface area contributed by atoms with Crippen LogP contribution in [0.3, 0.4) is 0 Å². The maximum absolute atomic E-state index is 12.7. The van der Waals surface area contributed by atoms with Gasteiger partial charge in [-0.1, -0.05) is 24.3 Å². The molecule has 152 valence electrons. The van der Waals surface area contributed by atoms with Crippen molar-refractivity contribution in [3.63, 3.8) is 0 Å². The number of quaternary nitrogens is 1. The minimum absolute atomic E-state index is 0.0222. The van der Waals surface area contributed by atoms with Crippen LogP contribution in [0.25, 0.3) is 5.78 Å². The zero-order chi connectivity index (χ0) is 20.2. The second kappa shape index (κ2) is 8.67. The molecule has 0 radical (unpaired) electrons. The molecule has 0 spiro atoms. The standard InChI is InChI=1S/C21H26N6O2/c1-15-19(16(2)27-21(25-15)23-14-24-27)11-20(28)22-12-17-5-3-4-6-18(17)13-26-7-9-29-10-8-26/h3-6,14H,7-13H2,1-2H3,(H,22,28)/p+1. The molecule has 0 atom stereocenters. The molecule has 3 aromatic rings. The predicted octanol–water partition coefficient (Wildman–Crippen LogP) is 0.0151. The van der Waals surface area contributed by atoms with Crippen LogP contribution in [0, 0.1) is 13.8 Å². The van der Waals surface area contributed by atoms with E-state index in [9.17, 15) is 4.79 Å².